The van der Waals surface area contributed by atoms with Crippen molar-refractivity contribution < 1.29 is 10.2 Å². The summed E-state index contributed by atoms with van der Waals surface area (Å²) < 4.78 is 0. The lowest BCUT2D eigenvalue weighted by Crippen LogP contribution is -2.50. The van der Waals surface area contributed by atoms with Crippen LogP contribution >= 0.6 is 24.8 Å². The number of nitrogens with one attached hydrogen (secondary N) is 1. The van der Waals surface area contributed by atoms with Crippen molar-refractivity contribution in [1.29, 1.82) is 0 Å². The van der Waals surface area contributed by atoms with Crippen LogP contribution in [0.3, 0.4) is 0 Å². The van der Waals surface area contributed by atoms with Crippen LogP contribution in [0.1, 0.15) is 67.2 Å². The van der Waals surface area contributed by atoms with E-state index >= 15 is 0 Å². The monoisotopic (exact) mass is 516 g/mol. The summed E-state index contributed by atoms with van der Waals surface area (Å²) in [4.78, 5) is 0. The van der Waals surface area contributed by atoms with Crippen LogP contribution in [0.5, 0.6) is 5.75 Å². The van der Waals surface area contributed by atoms with Gasteiger partial charge in [-0.25, -0.2) is 0 Å². The van der Waals surface area contributed by atoms with E-state index < -0.39 is 5.60 Å². The SMILES string of the molecule is C[C@]12CC[C@@H]3c4ccc(O)cc4CC[C@H]3[C@@H]1CC[C@@]2(O)C#Cc1ccc(CNCCN)cc1.Cl.Cl. The van der Waals surface area contributed by atoms with E-state index in [-0.39, 0.29) is 30.2 Å². The van der Waals surface area contributed by atoms with Gasteiger partial charge in [0.2, 0.25) is 0 Å². The highest BCUT2D eigenvalue weighted by molar-refractivity contribution is 5.85. The van der Waals surface area contributed by atoms with Crippen molar-refractivity contribution in [3.05, 3.63) is 64.7 Å². The number of phenols is 1. The molecular weight excluding hydrogens is 479 g/mol. The third-order valence-electron chi connectivity index (χ3n) is 8.88. The number of aryl methyl sites for hydroxylation is 1. The van der Waals surface area contributed by atoms with Crippen LogP contribution in [0.4, 0.5) is 0 Å². The van der Waals surface area contributed by atoms with Gasteiger partial charge in [0.15, 0.2) is 0 Å². The van der Waals surface area contributed by atoms with E-state index in [1.54, 1.807) is 0 Å². The topological polar surface area (TPSA) is 78.5 Å². The minimum Gasteiger partial charge on any atom is -0.508 e. The largest absolute Gasteiger partial charge is 0.508 e. The number of benzene rings is 2. The van der Waals surface area contributed by atoms with Crippen LogP contribution in [0, 0.1) is 29.1 Å². The summed E-state index contributed by atoms with van der Waals surface area (Å²) in [7, 11) is 0. The smallest absolute Gasteiger partial charge is 0.131 e. The first-order valence-corrected chi connectivity index (χ1v) is 12.5. The highest BCUT2D eigenvalue weighted by Gasteiger charge is 2.61. The third-order valence-corrected chi connectivity index (χ3v) is 8.88. The number of nitrogens with two attached hydrogens (primary N) is 1. The fraction of sp³-hybridized carbons (Fsp3) is 0.517. The van der Waals surface area contributed by atoms with Gasteiger partial charge in [0.1, 0.15) is 11.4 Å². The maximum absolute atomic E-state index is 11.8. The molecule has 2 fully saturated rings. The lowest BCUT2D eigenvalue weighted by atomic mass is 9.53. The van der Waals surface area contributed by atoms with Crippen LogP contribution in [-0.4, -0.2) is 28.9 Å². The van der Waals surface area contributed by atoms with Crippen molar-refractivity contribution in [2.24, 2.45) is 23.0 Å². The van der Waals surface area contributed by atoms with Gasteiger partial charge >= 0.3 is 0 Å². The highest BCUT2D eigenvalue weighted by atomic mass is 35.5. The Morgan fingerprint density at radius 1 is 1.06 bits per heavy atom. The zero-order valence-corrected chi connectivity index (χ0v) is 22.1. The van der Waals surface area contributed by atoms with E-state index in [9.17, 15) is 10.2 Å². The Kier molecular flexibility index (Phi) is 8.84. The van der Waals surface area contributed by atoms with E-state index in [2.05, 4.69) is 54.4 Å². The first-order chi connectivity index (χ1) is 15.9. The minimum atomic E-state index is -0.931. The number of phenolic OH excluding ortho intramolecular Hbond substituents is 1. The number of aromatic hydroxyl groups is 1. The second-order valence-electron chi connectivity index (χ2n) is 10.6. The summed E-state index contributed by atoms with van der Waals surface area (Å²) in [5.41, 5.74) is 9.35. The molecule has 2 saturated carbocycles. The van der Waals surface area contributed by atoms with Crippen LogP contribution < -0.4 is 11.1 Å². The predicted molar refractivity (Wildman–Crippen MR) is 146 cm³/mol. The quantitative estimate of drug-likeness (QED) is 0.343. The molecule has 0 aromatic heterocycles. The summed E-state index contributed by atoms with van der Waals surface area (Å²) in [5.74, 6) is 8.66. The van der Waals surface area contributed by atoms with Crippen LogP contribution in [0.2, 0.25) is 0 Å². The second kappa shape index (κ2) is 11.1. The number of rotatable bonds is 4. The van der Waals surface area contributed by atoms with E-state index in [0.717, 1.165) is 57.2 Å². The summed E-state index contributed by atoms with van der Waals surface area (Å²) >= 11 is 0. The van der Waals surface area contributed by atoms with Gasteiger partial charge in [0.25, 0.3) is 0 Å². The average Bonchev–Trinajstić information content (AvgIpc) is 3.09. The van der Waals surface area contributed by atoms with Gasteiger partial charge in [-0.3, -0.25) is 0 Å². The average molecular weight is 518 g/mol. The van der Waals surface area contributed by atoms with Crippen molar-refractivity contribution in [2.75, 3.05) is 13.1 Å². The van der Waals surface area contributed by atoms with Crippen molar-refractivity contribution in [3.8, 4) is 17.6 Å². The predicted octanol–water partition coefficient (Wildman–Crippen LogP) is 4.92. The Hall–Kier alpha value is -1.74. The van der Waals surface area contributed by atoms with E-state index in [1.165, 1.54) is 16.7 Å². The zero-order valence-electron chi connectivity index (χ0n) is 20.4. The molecule has 0 amide bonds. The van der Waals surface area contributed by atoms with Crippen LogP contribution in [0.25, 0.3) is 0 Å². The first-order valence-electron chi connectivity index (χ1n) is 12.5. The number of hydrogen-bond acceptors (Lipinski definition) is 4. The molecule has 2 aromatic carbocycles. The Morgan fingerprint density at radius 2 is 1.83 bits per heavy atom. The molecule has 0 radical (unpaired) electrons. The van der Waals surface area contributed by atoms with Gasteiger partial charge in [-0.1, -0.05) is 37.0 Å². The summed E-state index contributed by atoms with van der Waals surface area (Å²) in [6.07, 6.45) is 6.05. The standard InChI is InChI=1S/C29H36N2O2.2ClH/c1-28-13-11-25-24-9-7-23(32)18-22(24)6-8-26(25)27(28)12-15-29(28,33)14-10-20-2-4-21(5-3-20)19-31-17-16-30;;/h2-5,7,9,18,25-27,31-33H,6,8,11-13,15-17,19,30H2,1H3;2*1H/t25-,26-,27+,28+,29+;;/m1../s1. The molecule has 0 spiro atoms. The molecule has 3 aliphatic rings. The van der Waals surface area contributed by atoms with Crippen LogP contribution in [-0.2, 0) is 13.0 Å². The molecule has 5 N–H and O–H groups in total. The normalized spacial score (nSPS) is 30.4. The molecule has 4 nitrogen and oxygen atoms in total. The third kappa shape index (κ3) is 5.08. The fourth-order valence-corrected chi connectivity index (χ4v) is 7.01. The van der Waals surface area contributed by atoms with Crippen molar-refractivity contribution in [3.63, 3.8) is 0 Å². The Morgan fingerprint density at radius 3 is 2.57 bits per heavy atom. The van der Waals surface area contributed by atoms with Gasteiger partial charge in [-0.15, -0.1) is 24.8 Å². The number of aliphatic hydroxyl groups is 1. The lowest BCUT2D eigenvalue weighted by Gasteiger charge is -2.52. The fourth-order valence-electron chi connectivity index (χ4n) is 7.01. The molecule has 0 aliphatic heterocycles. The second-order valence-corrected chi connectivity index (χ2v) is 10.6. The maximum atomic E-state index is 11.8. The summed E-state index contributed by atoms with van der Waals surface area (Å²) in [6.45, 7) is 4.54. The maximum Gasteiger partial charge on any atom is 0.131 e. The molecule has 3 aliphatic carbocycles. The molecule has 0 saturated heterocycles. The van der Waals surface area contributed by atoms with Gasteiger partial charge in [0.05, 0.1) is 0 Å². The van der Waals surface area contributed by atoms with Crippen molar-refractivity contribution >= 4 is 24.8 Å². The molecule has 190 valence electrons. The highest BCUT2D eigenvalue weighted by Crippen LogP contribution is 2.64. The molecule has 2 aromatic rings. The molecule has 5 atom stereocenters. The van der Waals surface area contributed by atoms with E-state index in [4.69, 9.17) is 5.73 Å². The van der Waals surface area contributed by atoms with Gasteiger partial charge in [-0.05, 0) is 97.2 Å². The van der Waals surface area contributed by atoms with Gasteiger partial charge in [-0.2, -0.15) is 0 Å². The molecule has 0 bridgehead atoms. The van der Waals surface area contributed by atoms with Crippen molar-refractivity contribution in [2.45, 2.75) is 63.5 Å². The van der Waals surface area contributed by atoms with E-state index in [0.29, 0.717) is 30.0 Å². The number of fused-ring (bicyclic) bond motifs is 5. The molecule has 0 heterocycles. The molecule has 0 unspecified atom stereocenters. The molecular formula is C29H38Cl2N2O2. The zero-order chi connectivity index (χ0) is 23.1. The molecule has 35 heavy (non-hydrogen) atoms. The number of halogens is 2. The minimum absolute atomic E-state index is 0. The van der Waals surface area contributed by atoms with Crippen molar-refractivity contribution in [1.82, 2.24) is 5.32 Å². The summed E-state index contributed by atoms with van der Waals surface area (Å²) in [5, 5.41) is 25.0. The summed E-state index contributed by atoms with van der Waals surface area (Å²) in [6, 6.07) is 14.2. The Balaban J connectivity index is 0.00000171. The molecule has 6 heteroatoms. The van der Waals surface area contributed by atoms with Gasteiger partial charge < -0.3 is 21.3 Å². The van der Waals surface area contributed by atoms with E-state index in [1.807, 2.05) is 12.1 Å². The number of hydrogen-bond donors (Lipinski definition) is 4. The lowest BCUT2D eigenvalue weighted by molar-refractivity contribution is -0.0647. The Labute approximate surface area is 221 Å². The Bertz CT molecular complexity index is 1080. The molecule has 5 rings (SSSR count). The van der Waals surface area contributed by atoms with Crippen LogP contribution in [0.15, 0.2) is 42.5 Å². The van der Waals surface area contributed by atoms with Gasteiger partial charge in [0, 0.05) is 30.6 Å². The first kappa shape index (κ1) is 27.8.